The summed E-state index contributed by atoms with van der Waals surface area (Å²) in [6, 6.07) is 4.51. The average Bonchev–Trinajstić information content (AvgIpc) is 2.78. The molecule has 0 aromatic carbocycles. The Morgan fingerprint density at radius 1 is 0.725 bits per heavy atom. The van der Waals surface area contributed by atoms with Crippen LogP contribution in [0.4, 0.5) is 11.5 Å². The Hall–Kier alpha value is -2.16. The summed E-state index contributed by atoms with van der Waals surface area (Å²) in [7, 11) is -5.10. The van der Waals surface area contributed by atoms with Crippen LogP contribution in [0.2, 0.25) is 0 Å². The van der Waals surface area contributed by atoms with E-state index in [0.717, 1.165) is 8.61 Å². The summed E-state index contributed by atoms with van der Waals surface area (Å²) < 4.78 is 53.0. The van der Waals surface area contributed by atoms with Crippen molar-refractivity contribution < 1.29 is 63.5 Å². The van der Waals surface area contributed by atoms with Crippen LogP contribution in [0.5, 0.6) is 0 Å². The average molecular weight is 680 g/mol. The molecule has 0 unspecified atom stereocenters. The summed E-state index contributed by atoms with van der Waals surface area (Å²) in [5.74, 6) is -1.72. The largest absolute Gasteiger partial charge is 0.358 e. The fourth-order valence-electron chi connectivity index (χ4n) is 1.91. The maximum atomic E-state index is 11.8. The van der Waals surface area contributed by atoms with Crippen molar-refractivity contribution in [1.29, 1.82) is 0 Å². The number of nitrogens with one attached hydrogen (secondary N) is 2. The van der Waals surface area contributed by atoms with E-state index in [9.17, 15) is 26.4 Å². The predicted molar refractivity (Wildman–Crippen MR) is 153 cm³/mol. The summed E-state index contributed by atoms with van der Waals surface area (Å²) in [6.45, 7) is 6.46. The minimum atomic E-state index is -3.91. The van der Waals surface area contributed by atoms with E-state index in [0.29, 0.717) is 5.69 Å². The third-order valence-corrected chi connectivity index (χ3v) is 6.90. The topological polar surface area (TPSA) is 172 Å². The molecule has 0 spiro atoms. The molecule has 17 heteroatoms. The molecule has 2 N–H and O–H groups in total. The van der Waals surface area contributed by atoms with Crippen molar-refractivity contribution in [2.75, 3.05) is 22.7 Å². The van der Waals surface area contributed by atoms with Gasteiger partial charge in [0.2, 0.25) is 11.8 Å². The van der Waals surface area contributed by atoms with Crippen LogP contribution in [-0.4, -0.2) is 57.7 Å². The molecule has 0 fully saturated rings. The number of hydrogen-bond donors (Lipinski definition) is 2. The Balaban J connectivity index is -0.000000126. The molecule has 2 radical (unpaired) electrons. The molecule has 13 nitrogen and oxygen atoms in total. The van der Waals surface area contributed by atoms with Crippen molar-refractivity contribution in [2.45, 2.75) is 42.5 Å². The van der Waals surface area contributed by atoms with Crippen molar-refractivity contribution >= 4 is 43.7 Å². The summed E-state index contributed by atoms with van der Waals surface area (Å²) >= 11 is 0. The predicted octanol–water partition coefficient (Wildman–Crippen LogP) is 2.63. The molecular weight excluding hydrogens is 636 g/mol. The van der Waals surface area contributed by atoms with Gasteiger partial charge in [-0.2, -0.15) is 16.8 Å². The van der Waals surface area contributed by atoms with Crippen molar-refractivity contribution in [2.24, 2.45) is 11.8 Å². The van der Waals surface area contributed by atoms with Gasteiger partial charge in [0, 0.05) is 87.7 Å². The van der Waals surface area contributed by atoms with Crippen LogP contribution in [-0.2, 0) is 67.1 Å². The molecule has 0 atom stereocenters. The zero-order chi connectivity index (χ0) is 26.1. The second-order valence-corrected chi connectivity index (χ2v) is 10.9. The molecule has 2 rings (SSSR count). The van der Waals surface area contributed by atoms with E-state index in [1.54, 1.807) is 39.8 Å². The molecule has 0 aliphatic carbocycles. The number of amides is 2. The molecule has 2 aromatic heterocycles. The van der Waals surface area contributed by atoms with Crippen LogP contribution >= 0.6 is 0 Å². The van der Waals surface area contributed by atoms with Gasteiger partial charge in [-0.1, -0.05) is 42.5 Å². The van der Waals surface area contributed by atoms with Gasteiger partial charge in [0.05, 0.1) is 5.69 Å². The number of nitrogens with zero attached hydrogens (tertiary/aromatic N) is 5. The number of hydrogen-bond acceptors (Lipinski definition) is 9. The van der Waals surface area contributed by atoms with Crippen LogP contribution in [0.25, 0.3) is 0 Å². The van der Waals surface area contributed by atoms with Gasteiger partial charge in [-0.15, -0.1) is 0 Å². The van der Waals surface area contributed by atoms with E-state index in [4.69, 9.17) is 0 Å². The molecule has 0 aliphatic heterocycles. The van der Waals surface area contributed by atoms with Crippen LogP contribution < -0.4 is 18.1 Å². The molecule has 0 saturated heterocycles. The number of carbonyl (C=O) groups is 2. The first-order valence-electron chi connectivity index (χ1n) is 9.96. The fourth-order valence-corrected chi connectivity index (χ4v) is 3.92. The Morgan fingerprint density at radius 2 is 1.10 bits per heavy atom. The first-order valence-corrected chi connectivity index (χ1v) is 12.8. The van der Waals surface area contributed by atoms with Crippen molar-refractivity contribution in [3.63, 3.8) is 0 Å². The smallest absolute Gasteiger partial charge is 0.327 e. The van der Waals surface area contributed by atoms with Crippen LogP contribution in [0, 0.1) is 26.7 Å². The molecule has 0 aliphatic rings. The first kappa shape index (κ1) is 50.7. The monoisotopic (exact) mass is 679 g/mol. The van der Waals surface area contributed by atoms with E-state index < -0.39 is 44.1 Å². The molecule has 230 valence electrons. The van der Waals surface area contributed by atoms with E-state index in [2.05, 4.69) is 15.0 Å². The van der Waals surface area contributed by atoms with Gasteiger partial charge >= 0.3 is 20.4 Å². The second-order valence-electron chi connectivity index (χ2n) is 7.46. The third-order valence-electron chi connectivity index (χ3n) is 4.14. The number of pyridine rings is 1. The molecule has 2 amide bonds. The molecule has 2 heterocycles. The van der Waals surface area contributed by atoms with Crippen LogP contribution in [0.1, 0.15) is 42.5 Å². The quantitative estimate of drug-likeness (QED) is 0.398. The molecule has 2 aromatic rings. The van der Waals surface area contributed by atoms with Gasteiger partial charge in [0.15, 0.2) is 0 Å². The van der Waals surface area contributed by atoms with E-state index in [1.165, 1.54) is 45.1 Å². The van der Waals surface area contributed by atoms with Crippen molar-refractivity contribution in [1.82, 2.24) is 24.4 Å². The van der Waals surface area contributed by atoms with Crippen LogP contribution in [0.15, 0.2) is 43.1 Å². The maximum Gasteiger partial charge on any atom is 0.327 e. The number of carbonyl (C=O) groups excluding carboxylic acids is 2. The Morgan fingerprint density at radius 3 is 1.45 bits per heavy atom. The Kier molecular flexibility index (Phi) is 28.5. The zero-order valence-electron chi connectivity index (χ0n) is 22.6. The van der Waals surface area contributed by atoms with Crippen molar-refractivity contribution in [3.8, 4) is 0 Å². The molecule has 0 saturated carbocycles. The zero-order valence-corrected chi connectivity index (χ0v) is 27.0. The van der Waals surface area contributed by atoms with Crippen LogP contribution in [0.3, 0.4) is 0 Å². The SMILES string of the molecule is C.C.CC(C)C(=O)NS(=O)(=O)N(C)c1ccncc1.CC(C)C(=O)NS(=O)(=O)N(C)c1ccncn1.[CH3-].[CH3-].[V].[V]. The normalized spacial score (nSPS) is 9.60. The second kappa shape index (κ2) is 22.5. The van der Waals surface area contributed by atoms with E-state index in [-0.39, 0.29) is 72.6 Å². The molecular formula is C23H43N7O6S2V2-2. The minimum Gasteiger partial charge on any atom is -0.358 e. The van der Waals surface area contributed by atoms with Gasteiger partial charge in [-0.05, 0) is 12.1 Å². The van der Waals surface area contributed by atoms with Gasteiger partial charge in [0.1, 0.15) is 12.1 Å². The van der Waals surface area contributed by atoms with Gasteiger partial charge < -0.3 is 14.9 Å². The summed E-state index contributed by atoms with van der Waals surface area (Å²) in [4.78, 5) is 34.0. The Bertz CT molecular complexity index is 1080. The molecule has 0 bridgehead atoms. The molecule has 40 heavy (non-hydrogen) atoms. The maximum absolute atomic E-state index is 11.8. The van der Waals surface area contributed by atoms with E-state index in [1.807, 2.05) is 9.44 Å². The van der Waals surface area contributed by atoms with Gasteiger partial charge in [-0.25, -0.2) is 23.7 Å². The Labute approximate surface area is 265 Å². The van der Waals surface area contributed by atoms with E-state index >= 15 is 0 Å². The number of anilines is 2. The summed E-state index contributed by atoms with van der Waals surface area (Å²) in [5.41, 5.74) is 0.434. The van der Waals surface area contributed by atoms with Gasteiger partial charge in [0.25, 0.3) is 0 Å². The summed E-state index contributed by atoms with van der Waals surface area (Å²) in [5, 5.41) is 0. The number of rotatable bonds is 8. The standard InChI is InChI=1S/C10H15N3O3S.C9H14N4O3S.2CH4.2CH3.2V/c1-8(2)10(14)12-17(15,16)13(3)9-4-6-11-7-5-9;1-7(2)9(14)12-17(15,16)13(3)8-4-5-10-6-11-8;;;;;;/h4-8H,1-3H3,(H,12,14);4-7H,1-3H3,(H,12,14);2*1H4;2*1H3;;/q;;;;2*-1;;. The minimum absolute atomic E-state index is 0. The first-order chi connectivity index (χ1) is 15.7. The van der Waals surface area contributed by atoms with Gasteiger partial charge in [-0.3, -0.25) is 18.9 Å². The fraction of sp³-hybridized carbons (Fsp3) is 0.435. The number of aromatic nitrogens is 3. The third kappa shape index (κ3) is 16.2. The summed E-state index contributed by atoms with van der Waals surface area (Å²) in [6.07, 6.45) is 5.60. The van der Waals surface area contributed by atoms with Crippen molar-refractivity contribution in [3.05, 3.63) is 58.0 Å².